The average Bonchev–Trinajstić information content (AvgIpc) is 2.83. The topological polar surface area (TPSA) is 40.7 Å². The van der Waals surface area contributed by atoms with Gasteiger partial charge in [-0.25, -0.2) is 13.8 Å². The van der Waals surface area contributed by atoms with E-state index in [1.807, 2.05) is 0 Å². The van der Waals surface area contributed by atoms with Crippen molar-refractivity contribution < 1.29 is 8.78 Å². The number of nitrogens with one attached hydrogen (secondary N) is 2. The number of aromatic amines is 1. The van der Waals surface area contributed by atoms with Crippen LogP contribution in [-0.2, 0) is 6.42 Å². The number of nitrogens with zero attached hydrogens (tertiary/aromatic N) is 1. The van der Waals surface area contributed by atoms with Crippen LogP contribution in [0.25, 0.3) is 11.3 Å². The molecule has 20 heavy (non-hydrogen) atoms. The molecule has 0 aliphatic carbocycles. The Kier molecular flexibility index (Phi) is 4.84. The third kappa shape index (κ3) is 3.63. The molecule has 3 nitrogen and oxygen atoms in total. The van der Waals surface area contributed by atoms with Gasteiger partial charge >= 0.3 is 0 Å². The predicted molar refractivity (Wildman–Crippen MR) is 75.4 cm³/mol. The number of rotatable bonds is 6. The minimum Gasteiger partial charge on any atom is -0.342 e. The molecule has 0 bridgehead atoms. The second kappa shape index (κ2) is 6.61. The maximum atomic E-state index is 13.6. The maximum absolute atomic E-state index is 13.6. The fraction of sp³-hybridized carbons (Fsp3) is 0.400. The Morgan fingerprint density at radius 3 is 2.60 bits per heavy atom. The molecule has 0 radical (unpaired) electrons. The van der Waals surface area contributed by atoms with Crippen LogP contribution in [0.5, 0.6) is 0 Å². The van der Waals surface area contributed by atoms with E-state index in [-0.39, 0.29) is 5.56 Å². The van der Waals surface area contributed by atoms with Gasteiger partial charge in [0.25, 0.3) is 0 Å². The van der Waals surface area contributed by atoms with Gasteiger partial charge in [-0.3, -0.25) is 0 Å². The fourth-order valence-corrected chi connectivity index (χ4v) is 2.02. The fourth-order valence-electron chi connectivity index (χ4n) is 2.02. The zero-order valence-electron chi connectivity index (χ0n) is 11.7. The molecule has 0 amide bonds. The van der Waals surface area contributed by atoms with E-state index in [2.05, 4.69) is 29.1 Å². The first-order valence-electron chi connectivity index (χ1n) is 6.79. The van der Waals surface area contributed by atoms with Gasteiger partial charge in [0.15, 0.2) is 0 Å². The van der Waals surface area contributed by atoms with Crippen molar-refractivity contribution in [3.8, 4) is 11.3 Å². The van der Waals surface area contributed by atoms with E-state index in [4.69, 9.17) is 0 Å². The maximum Gasteiger partial charge on any atom is 0.135 e. The Morgan fingerprint density at radius 2 is 1.95 bits per heavy atom. The van der Waals surface area contributed by atoms with Gasteiger partial charge in [0.05, 0.1) is 17.5 Å². The molecule has 2 rings (SSSR count). The van der Waals surface area contributed by atoms with Crippen molar-refractivity contribution in [3.63, 3.8) is 0 Å². The molecule has 2 aromatic rings. The molecule has 1 aromatic carbocycles. The van der Waals surface area contributed by atoms with Gasteiger partial charge in [-0.05, 0) is 25.1 Å². The quantitative estimate of drug-likeness (QED) is 0.797. The van der Waals surface area contributed by atoms with Crippen molar-refractivity contribution in [2.24, 2.45) is 0 Å². The highest BCUT2D eigenvalue weighted by Gasteiger charge is 2.13. The van der Waals surface area contributed by atoms with Gasteiger partial charge in [-0.1, -0.05) is 19.9 Å². The van der Waals surface area contributed by atoms with Gasteiger partial charge in [0, 0.05) is 12.5 Å². The standard InChI is InChI=1S/C15H19F2N3/c1-10(2)18-8-4-7-14-19-9-13(20-14)15-11(16)5-3-6-12(15)17/h3,5-6,9-10,18H,4,7-8H2,1-2H3,(H,19,20). The summed E-state index contributed by atoms with van der Waals surface area (Å²) in [6, 6.07) is 4.29. The van der Waals surface area contributed by atoms with Crippen LogP contribution in [-0.4, -0.2) is 22.6 Å². The lowest BCUT2D eigenvalue weighted by atomic mass is 10.1. The number of imidazole rings is 1. The van der Waals surface area contributed by atoms with E-state index >= 15 is 0 Å². The van der Waals surface area contributed by atoms with Crippen LogP contribution >= 0.6 is 0 Å². The van der Waals surface area contributed by atoms with Crippen LogP contribution < -0.4 is 5.32 Å². The zero-order valence-corrected chi connectivity index (χ0v) is 11.7. The average molecular weight is 279 g/mol. The van der Waals surface area contributed by atoms with Gasteiger partial charge < -0.3 is 10.3 Å². The van der Waals surface area contributed by atoms with Crippen LogP contribution in [0.15, 0.2) is 24.4 Å². The number of benzene rings is 1. The van der Waals surface area contributed by atoms with Gasteiger partial charge in [0.1, 0.15) is 17.5 Å². The van der Waals surface area contributed by atoms with Crippen molar-refractivity contribution in [3.05, 3.63) is 41.9 Å². The number of aromatic nitrogens is 2. The summed E-state index contributed by atoms with van der Waals surface area (Å²) in [7, 11) is 0. The molecule has 0 fully saturated rings. The third-order valence-electron chi connectivity index (χ3n) is 3.00. The lowest BCUT2D eigenvalue weighted by Crippen LogP contribution is -2.24. The summed E-state index contributed by atoms with van der Waals surface area (Å²) in [5, 5.41) is 3.31. The van der Waals surface area contributed by atoms with Crippen LogP contribution in [0.1, 0.15) is 26.1 Å². The highest BCUT2D eigenvalue weighted by atomic mass is 19.1. The summed E-state index contributed by atoms with van der Waals surface area (Å²) in [5.41, 5.74) is 0.332. The molecule has 5 heteroatoms. The van der Waals surface area contributed by atoms with Gasteiger partial charge in [0.2, 0.25) is 0 Å². The Labute approximate surface area is 117 Å². The SMILES string of the molecule is CC(C)NCCCc1ncc(-c2c(F)cccc2F)[nH]1. The molecule has 0 atom stereocenters. The van der Waals surface area contributed by atoms with E-state index in [9.17, 15) is 8.78 Å². The molecule has 2 N–H and O–H groups in total. The van der Waals surface area contributed by atoms with Crippen LogP contribution in [0.3, 0.4) is 0 Å². The number of H-pyrrole nitrogens is 1. The first-order valence-corrected chi connectivity index (χ1v) is 6.79. The molecular weight excluding hydrogens is 260 g/mol. The smallest absolute Gasteiger partial charge is 0.135 e. The molecule has 0 unspecified atom stereocenters. The van der Waals surface area contributed by atoms with E-state index in [0.29, 0.717) is 11.7 Å². The predicted octanol–water partition coefficient (Wildman–Crippen LogP) is 3.29. The van der Waals surface area contributed by atoms with Crippen LogP contribution in [0, 0.1) is 11.6 Å². The molecule has 108 valence electrons. The molecule has 1 aromatic heterocycles. The Balaban J connectivity index is 2.02. The Hall–Kier alpha value is -1.75. The summed E-state index contributed by atoms with van der Waals surface area (Å²) in [5.74, 6) is -0.420. The monoisotopic (exact) mass is 279 g/mol. The highest BCUT2D eigenvalue weighted by Crippen LogP contribution is 2.24. The summed E-state index contributed by atoms with van der Waals surface area (Å²) in [4.78, 5) is 7.16. The van der Waals surface area contributed by atoms with E-state index < -0.39 is 11.6 Å². The number of hydrogen-bond donors (Lipinski definition) is 2. The number of hydrogen-bond acceptors (Lipinski definition) is 2. The Bertz CT molecular complexity index is 544. The number of halogens is 2. The van der Waals surface area contributed by atoms with Crippen LogP contribution in [0.2, 0.25) is 0 Å². The van der Waals surface area contributed by atoms with Crippen molar-refractivity contribution in [1.29, 1.82) is 0 Å². The van der Waals surface area contributed by atoms with Crippen molar-refractivity contribution in [2.45, 2.75) is 32.7 Å². The second-order valence-electron chi connectivity index (χ2n) is 5.05. The summed E-state index contributed by atoms with van der Waals surface area (Å²) >= 11 is 0. The summed E-state index contributed by atoms with van der Waals surface area (Å²) in [6.45, 7) is 5.07. The molecule has 0 aliphatic rings. The molecular formula is C15H19F2N3. The van der Waals surface area contributed by atoms with E-state index in [1.165, 1.54) is 24.4 Å². The van der Waals surface area contributed by atoms with E-state index in [1.54, 1.807) is 0 Å². The van der Waals surface area contributed by atoms with E-state index in [0.717, 1.165) is 25.2 Å². The lowest BCUT2D eigenvalue weighted by molar-refractivity contribution is 0.566. The van der Waals surface area contributed by atoms with Gasteiger partial charge in [-0.2, -0.15) is 0 Å². The normalized spacial score (nSPS) is 11.2. The first-order chi connectivity index (χ1) is 9.58. The Morgan fingerprint density at radius 1 is 1.25 bits per heavy atom. The van der Waals surface area contributed by atoms with Crippen LogP contribution in [0.4, 0.5) is 8.78 Å². The van der Waals surface area contributed by atoms with Gasteiger partial charge in [-0.15, -0.1) is 0 Å². The number of aryl methyl sites for hydroxylation is 1. The van der Waals surface area contributed by atoms with Crippen molar-refractivity contribution >= 4 is 0 Å². The zero-order chi connectivity index (χ0) is 14.5. The second-order valence-corrected chi connectivity index (χ2v) is 5.05. The molecule has 0 spiro atoms. The van der Waals surface area contributed by atoms with Crippen molar-refractivity contribution in [2.75, 3.05) is 6.54 Å². The molecule has 0 saturated heterocycles. The van der Waals surface area contributed by atoms with Crippen molar-refractivity contribution in [1.82, 2.24) is 15.3 Å². The highest BCUT2D eigenvalue weighted by molar-refractivity contribution is 5.60. The minimum atomic E-state index is -0.582. The first kappa shape index (κ1) is 14.7. The summed E-state index contributed by atoms with van der Waals surface area (Å²) in [6.07, 6.45) is 3.15. The summed E-state index contributed by atoms with van der Waals surface area (Å²) < 4.78 is 27.3. The molecule has 1 heterocycles. The molecule has 0 saturated carbocycles. The third-order valence-corrected chi connectivity index (χ3v) is 3.00. The molecule has 0 aliphatic heterocycles. The largest absolute Gasteiger partial charge is 0.342 e. The lowest BCUT2D eigenvalue weighted by Gasteiger charge is -2.06. The minimum absolute atomic E-state index is 0.0495.